The summed E-state index contributed by atoms with van der Waals surface area (Å²) in [5.74, 6) is 0.790. The lowest BCUT2D eigenvalue weighted by Crippen LogP contribution is -2.23. The Hall–Kier alpha value is -3.09. The summed E-state index contributed by atoms with van der Waals surface area (Å²) in [6.07, 6.45) is 3.58. The average molecular weight is 402 g/mol. The van der Waals surface area contributed by atoms with Crippen molar-refractivity contribution in [1.29, 1.82) is 0 Å². The van der Waals surface area contributed by atoms with Gasteiger partial charge in [-0.2, -0.15) is 0 Å². The Morgan fingerprint density at radius 1 is 0.966 bits per heavy atom. The van der Waals surface area contributed by atoms with Crippen molar-refractivity contribution in [3.63, 3.8) is 0 Å². The minimum Gasteiger partial charge on any atom is -0.283 e. The highest BCUT2D eigenvalue weighted by Gasteiger charge is 2.15. The Morgan fingerprint density at radius 3 is 2.45 bits per heavy atom. The lowest BCUT2D eigenvalue weighted by Gasteiger charge is -2.17. The first-order valence-electron chi connectivity index (χ1n) is 9.52. The van der Waals surface area contributed by atoms with E-state index in [-0.39, 0.29) is 0 Å². The molecule has 0 radical (unpaired) electrons. The highest BCUT2D eigenvalue weighted by Crippen LogP contribution is 2.22. The second-order valence-electron chi connectivity index (χ2n) is 7.10. The second-order valence-corrected chi connectivity index (χ2v) is 7.47. The molecule has 0 fully saturated rings. The number of rotatable bonds is 6. The van der Waals surface area contributed by atoms with Gasteiger partial charge in [0.25, 0.3) is 0 Å². The lowest BCUT2D eigenvalue weighted by atomic mass is 10.1. The van der Waals surface area contributed by atoms with Crippen molar-refractivity contribution in [2.24, 2.45) is 0 Å². The van der Waals surface area contributed by atoms with Crippen molar-refractivity contribution in [2.45, 2.75) is 20.1 Å². The molecule has 5 nitrogen and oxygen atoms in total. The van der Waals surface area contributed by atoms with Crippen LogP contribution in [-0.2, 0) is 13.2 Å². The predicted octanol–water partition coefficient (Wildman–Crippen LogP) is 4.86. The zero-order valence-corrected chi connectivity index (χ0v) is 17.4. The number of hydrogen-bond donors (Lipinski definition) is 0. The van der Waals surface area contributed by atoms with E-state index in [1.165, 1.54) is 11.1 Å². The Bertz CT molecular complexity index is 1150. The zero-order chi connectivity index (χ0) is 20.2. The van der Waals surface area contributed by atoms with Crippen molar-refractivity contribution >= 4 is 12.2 Å². The number of aryl methyl sites for hydroxylation is 1. The SMILES string of the molecule is Cc1ccccc1CN(C)Cn1nc(-c2cccnc2)n(-c2ccccc2)c1=S. The molecular formula is C23H23N5S. The second kappa shape index (κ2) is 8.51. The van der Waals surface area contributed by atoms with E-state index < -0.39 is 0 Å². The summed E-state index contributed by atoms with van der Waals surface area (Å²) >= 11 is 5.82. The molecule has 146 valence electrons. The Labute approximate surface area is 175 Å². The van der Waals surface area contributed by atoms with Crippen LogP contribution in [0, 0.1) is 11.7 Å². The van der Waals surface area contributed by atoms with E-state index in [0.717, 1.165) is 23.6 Å². The first kappa shape index (κ1) is 19.2. The van der Waals surface area contributed by atoms with Crippen LogP contribution < -0.4 is 0 Å². The first-order valence-corrected chi connectivity index (χ1v) is 9.93. The molecule has 2 aromatic carbocycles. The van der Waals surface area contributed by atoms with Crippen molar-refractivity contribution in [3.05, 3.63) is 95.0 Å². The van der Waals surface area contributed by atoms with Gasteiger partial charge < -0.3 is 0 Å². The van der Waals surface area contributed by atoms with E-state index in [0.29, 0.717) is 11.4 Å². The minimum atomic E-state index is 0.597. The smallest absolute Gasteiger partial charge is 0.204 e. The summed E-state index contributed by atoms with van der Waals surface area (Å²) in [5, 5.41) is 4.85. The summed E-state index contributed by atoms with van der Waals surface area (Å²) in [7, 11) is 2.08. The van der Waals surface area contributed by atoms with Crippen LogP contribution in [0.15, 0.2) is 79.1 Å². The molecule has 29 heavy (non-hydrogen) atoms. The number of para-hydroxylation sites is 1. The lowest BCUT2D eigenvalue weighted by molar-refractivity contribution is 0.244. The van der Waals surface area contributed by atoms with Crippen LogP contribution in [0.25, 0.3) is 17.1 Å². The van der Waals surface area contributed by atoms with Crippen LogP contribution in [0.5, 0.6) is 0 Å². The van der Waals surface area contributed by atoms with Crippen molar-refractivity contribution in [2.75, 3.05) is 7.05 Å². The van der Waals surface area contributed by atoms with Crippen LogP contribution in [0.1, 0.15) is 11.1 Å². The molecule has 0 aliphatic rings. The molecule has 0 aliphatic carbocycles. The molecule has 0 saturated heterocycles. The van der Waals surface area contributed by atoms with E-state index in [9.17, 15) is 0 Å². The molecule has 0 aliphatic heterocycles. The fraction of sp³-hybridized carbons (Fsp3) is 0.174. The third-order valence-corrected chi connectivity index (χ3v) is 5.24. The van der Waals surface area contributed by atoms with Gasteiger partial charge in [-0.05, 0) is 61.6 Å². The molecule has 2 heterocycles. The molecule has 6 heteroatoms. The Morgan fingerprint density at radius 2 is 1.72 bits per heavy atom. The third kappa shape index (κ3) is 4.18. The first-order chi connectivity index (χ1) is 14.1. The largest absolute Gasteiger partial charge is 0.283 e. The van der Waals surface area contributed by atoms with Gasteiger partial charge >= 0.3 is 0 Å². The van der Waals surface area contributed by atoms with Crippen LogP contribution in [0.3, 0.4) is 0 Å². The van der Waals surface area contributed by atoms with Gasteiger partial charge in [0.05, 0.1) is 6.67 Å². The van der Waals surface area contributed by atoms with Crippen molar-refractivity contribution in [1.82, 2.24) is 24.2 Å². The van der Waals surface area contributed by atoms with Crippen LogP contribution in [-0.4, -0.2) is 31.3 Å². The van der Waals surface area contributed by atoms with Gasteiger partial charge in [0.15, 0.2) is 5.82 Å². The van der Waals surface area contributed by atoms with Crippen LogP contribution >= 0.6 is 12.2 Å². The van der Waals surface area contributed by atoms with E-state index in [1.54, 1.807) is 6.20 Å². The molecule has 0 amide bonds. The minimum absolute atomic E-state index is 0.597. The molecule has 0 saturated carbocycles. The molecule has 0 bridgehead atoms. The molecule has 0 unspecified atom stereocenters. The summed E-state index contributed by atoms with van der Waals surface area (Å²) in [6.45, 7) is 3.56. The normalized spacial score (nSPS) is 11.1. The number of nitrogens with zero attached hydrogens (tertiary/aromatic N) is 5. The number of hydrogen-bond acceptors (Lipinski definition) is 4. The topological polar surface area (TPSA) is 38.9 Å². The van der Waals surface area contributed by atoms with Gasteiger partial charge in [-0.3, -0.25) is 14.5 Å². The quantitative estimate of drug-likeness (QED) is 0.432. The van der Waals surface area contributed by atoms with Crippen LogP contribution in [0.2, 0.25) is 0 Å². The van der Waals surface area contributed by atoms with Crippen molar-refractivity contribution < 1.29 is 0 Å². The van der Waals surface area contributed by atoms with Gasteiger partial charge in [0.1, 0.15) is 0 Å². The Balaban J connectivity index is 1.70. The van der Waals surface area contributed by atoms with Gasteiger partial charge in [-0.25, -0.2) is 4.68 Å². The van der Waals surface area contributed by atoms with E-state index in [2.05, 4.69) is 48.1 Å². The van der Waals surface area contributed by atoms with E-state index in [4.69, 9.17) is 17.3 Å². The molecule has 0 spiro atoms. The molecule has 0 atom stereocenters. The van der Waals surface area contributed by atoms with Gasteiger partial charge in [-0.15, -0.1) is 5.10 Å². The maximum Gasteiger partial charge on any atom is 0.204 e. The fourth-order valence-corrected chi connectivity index (χ4v) is 3.64. The molecule has 2 aromatic heterocycles. The molecule has 4 rings (SSSR count). The fourth-order valence-electron chi connectivity index (χ4n) is 3.35. The predicted molar refractivity (Wildman–Crippen MR) is 118 cm³/mol. The number of benzene rings is 2. The third-order valence-electron chi connectivity index (χ3n) is 4.85. The maximum absolute atomic E-state index is 5.82. The molecular weight excluding hydrogens is 378 g/mol. The Kier molecular flexibility index (Phi) is 5.64. The van der Waals surface area contributed by atoms with Crippen molar-refractivity contribution in [3.8, 4) is 17.1 Å². The van der Waals surface area contributed by atoms with Gasteiger partial charge in [0.2, 0.25) is 4.77 Å². The standard InChI is InChI=1S/C23H23N5S/c1-18-9-6-7-10-20(18)16-26(2)17-27-23(29)28(21-12-4-3-5-13-21)22(25-27)19-11-8-14-24-15-19/h3-15H,16-17H2,1-2H3. The number of pyridine rings is 1. The molecule has 0 N–H and O–H groups in total. The average Bonchev–Trinajstić information content (AvgIpc) is 3.07. The summed E-state index contributed by atoms with van der Waals surface area (Å²) in [4.78, 5) is 6.47. The van der Waals surface area contributed by atoms with E-state index >= 15 is 0 Å². The highest BCUT2D eigenvalue weighted by atomic mass is 32.1. The summed E-state index contributed by atoms with van der Waals surface area (Å²) in [5.41, 5.74) is 4.51. The van der Waals surface area contributed by atoms with Gasteiger partial charge in [-0.1, -0.05) is 42.5 Å². The maximum atomic E-state index is 5.82. The highest BCUT2D eigenvalue weighted by molar-refractivity contribution is 7.71. The zero-order valence-electron chi connectivity index (χ0n) is 16.6. The summed E-state index contributed by atoms with van der Waals surface area (Å²) in [6, 6.07) is 22.4. The monoisotopic (exact) mass is 401 g/mol. The molecule has 4 aromatic rings. The summed E-state index contributed by atoms with van der Waals surface area (Å²) < 4.78 is 4.54. The van der Waals surface area contributed by atoms with Crippen LogP contribution in [0.4, 0.5) is 0 Å². The number of aromatic nitrogens is 4. The van der Waals surface area contributed by atoms with E-state index in [1.807, 2.05) is 57.9 Å². The van der Waals surface area contributed by atoms with Gasteiger partial charge in [0, 0.05) is 30.2 Å².